The quantitative estimate of drug-likeness (QED) is 0.849. The molecule has 3 aliphatic rings. The van der Waals surface area contributed by atoms with Crippen LogP contribution in [0.5, 0.6) is 0 Å². The summed E-state index contributed by atoms with van der Waals surface area (Å²) in [6, 6.07) is 6.44. The molecule has 1 aliphatic carbocycles. The number of aryl methyl sites for hydroxylation is 1. The van der Waals surface area contributed by atoms with Gasteiger partial charge >= 0.3 is 0 Å². The number of fused-ring (bicyclic) bond motifs is 1. The first kappa shape index (κ1) is 16.6. The van der Waals surface area contributed by atoms with Gasteiger partial charge in [0.1, 0.15) is 6.04 Å². The SMILES string of the molecule is Cc1ccc2c(c1)CC(CC(=O)N1CCC[C@@H]1C(=O)N1CCCC1)C2. The van der Waals surface area contributed by atoms with E-state index in [0.29, 0.717) is 12.3 Å². The summed E-state index contributed by atoms with van der Waals surface area (Å²) in [5.74, 6) is 0.769. The van der Waals surface area contributed by atoms with Crippen LogP contribution in [0.15, 0.2) is 18.2 Å². The fourth-order valence-corrected chi connectivity index (χ4v) is 4.82. The summed E-state index contributed by atoms with van der Waals surface area (Å²) in [7, 11) is 0. The smallest absolute Gasteiger partial charge is 0.245 e. The molecule has 4 heteroatoms. The first-order valence-electron chi connectivity index (χ1n) is 9.78. The van der Waals surface area contributed by atoms with E-state index >= 15 is 0 Å². The van der Waals surface area contributed by atoms with E-state index in [2.05, 4.69) is 25.1 Å². The molecule has 2 atom stereocenters. The predicted molar refractivity (Wildman–Crippen MR) is 97.2 cm³/mol. The van der Waals surface area contributed by atoms with Gasteiger partial charge in [0, 0.05) is 26.1 Å². The van der Waals surface area contributed by atoms with E-state index in [1.807, 2.05) is 9.80 Å². The lowest BCUT2D eigenvalue weighted by molar-refractivity contribution is -0.143. The molecule has 134 valence electrons. The minimum atomic E-state index is -0.198. The minimum Gasteiger partial charge on any atom is -0.341 e. The Labute approximate surface area is 150 Å². The van der Waals surface area contributed by atoms with Gasteiger partial charge in [-0.1, -0.05) is 23.8 Å². The second kappa shape index (κ2) is 6.81. The van der Waals surface area contributed by atoms with Gasteiger partial charge in [-0.25, -0.2) is 0 Å². The van der Waals surface area contributed by atoms with Crippen molar-refractivity contribution in [1.29, 1.82) is 0 Å². The van der Waals surface area contributed by atoms with Crippen LogP contribution in [0, 0.1) is 12.8 Å². The molecule has 0 spiro atoms. The highest BCUT2D eigenvalue weighted by Gasteiger charge is 2.38. The molecular weight excluding hydrogens is 312 g/mol. The molecule has 2 aliphatic heterocycles. The van der Waals surface area contributed by atoms with Crippen LogP contribution in [-0.2, 0) is 22.4 Å². The van der Waals surface area contributed by atoms with E-state index in [1.165, 1.54) is 16.7 Å². The number of benzene rings is 1. The highest BCUT2D eigenvalue weighted by Crippen LogP contribution is 2.31. The van der Waals surface area contributed by atoms with E-state index in [1.54, 1.807) is 0 Å². The Morgan fingerprint density at radius 1 is 1.04 bits per heavy atom. The number of amides is 2. The Balaban J connectivity index is 1.38. The maximum absolute atomic E-state index is 12.9. The lowest BCUT2D eigenvalue weighted by Gasteiger charge is -2.28. The van der Waals surface area contributed by atoms with E-state index in [4.69, 9.17) is 0 Å². The first-order valence-corrected chi connectivity index (χ1v) is 9.78. The average molecular weight is 340 g/mol. The molecule has 2 amide bonds. The number of carbonyl (C=O) groups excluding carboxylic acids is 2. The van der Waals surface area contributed by atoms with Crippen molar-refractivity contribution in [2.45, 2.75) is 57.9 Å². The predicted octanol–water partition coefficient (Wildman–Crippen LogP) is 2.71. The Morgan fingerprint density at radius 2 is 1.80 bits per heavy atom. The van der Waals surface area contributed by atoms with Crippen molar-refractivity contribution in [1.82, 2.24) is 9.80 Å². The molecule has 0 N–H and O–H groups in total. The van der Waals surface area contributed by atoms with Gasteiger partial charge in [0.2, 0.25) is 11.8 Å². The van der Waals surface area contributed by atoms with Crippen molar-refractivity contribution in [2.24, 2.45) is 5.92 Å². The molecule has 0 aromatic heterocycles. The second-order valence-electron chi connectivity index (χ2n) is 8.03. The van der Waals surface area contributed by atoms with Gasteiger partial charge in [-0.2, -0.15) is 0 Å². The van der Waals surface area contributed by atoms with Crippen LogP contribution in [0.1, 0.15) is 48.8 Å². The maximum atomic E-state index is 12.9. The van der Waals surface area contributed by atoms with Gasteiger partial charge in [-0.3, -0.25) is 9.59 Å². The van der Waals surface area contributed by atoms with Crippen LogP contribution in [0.4, 0.5) is 0 Å². The van der Waals surface area contributed by atoms with Gasteiger partial charge in [0.25, 0.3) is 0 Å². The standard InChI is InChI=1S/C21H28N2O2/c1-15-6-7-17-12-16(13-18(17)11-15)14-20(24)23-10-4-5-19(23)21(25)22-8-2-3-9-22/h6-7,11,16,19H,2-5,8-10,12-14H2,1H3/t16?,19-/m1/s1. The normalized spacial score (nSPS) is 25.5. The summed E-state index contributed by atoms with van der Waals surface area (Å²) < 4.78 is 0. The lowest BCUT2D eigenvalue weighted by Crippen LogP contribution is -2.47. The number of nitrogens with zero attached hydrogens (tertiary/aromatic N) is 2. The summed E-state index contributed by atoms with van der Waals surface area (Å²) in [5.41, 5.74) is 4.10. The molecular formula is C21H28N2O2. The van der Waals surface area contributed by atoms with Crippen LogP contribution < -0.4 is 0 Å². The van der Waals surface area contributed by atoms with Gasteiger partial charge in [-0.15, -0.1) is 0 Å². The van der Waals surface area contributed by atoms with E-state index in [0.717, 1.165) is 58.2 Å². The molecule has 0 radical (unpaired) electrons. The third-order valence-electron chi connectivity index (χ3n) is 6.12. The largest absolute Gasteiger partial charge is 0.341 e. The van der Waals surface area contributed by atoms with Crippen LogP contribution in [0.3, 0.4) is 0 Å². The Bertz CT molecular complexity index is 678. The second-order valence-corrected chi connectivity index (χ2v) is 8.03. The molecule has 2 fully saturated rings. The highest BCUT2D eigenvalue weighted by atomic mass is 16.2. The van der Waals surface area contributed by atoms with Crippen molar-refractivity contribution < 1.29 is 9.59 Å². The van der Waals surface area contributed by atoms with Crippen molar-refractivity contribution in [2.75, 3.05) is 19.6 Å². The summed E-state index contributed by atoms with van der Waals surface area (Å²) >= 11 is 0. The number of hydrogen-bond donors (Lipinski definition) is 0. The van der Waals surface area contributed by atoms with E-state index in [9.17, 15) is 9.59 Å². The summed E-state index contributed by atoms with van der Waals surface area (Å²) in [5, 5.41) is 0. The molecule has 25 heavy (non-hydrogen) atoms. The molecule has 1 aromatic rings. The van der Waals surface area contributed by atoms with Crippen LogP contribution in [-0.4, -0.2) is 47.3 Å². The Hall–Kier alpha value is -1.84. The average Bonchev–Trinajstić information content (AvgIpc) is 3.33. The van der Waals surface area contributed by atoms with Gasteiger partial charge in [0.05, 0.1) is 0 Å². The number of likely N-dealkylation sites (tertiary alicyclic amines) is 2. The monoisotopic (exact) mass is 340 g/mol. The zero-order valence-corrected chi connectivity index (χ0v) is 15.2. The topological polar surface area (TPSA) is 40.6 Å². The fourth-order valence-electron chi connectivity index (χ4n) is 4.82. The maximum Gasteiger partial charge on any atom is 0.245 e. The van der Waals surface area contributed by atoms with Crippen molar-refractivity contribution in [3.8, 4) is 0 Å². The summed E-state index contributed by atoms with van der Waals surface area (Å²) in [4.78, 5) is 29.5. The molecule has 1 aromatic carbocycles. The zero-order valence-electron chi connectivity index (χ0n) is 15.2. The van der Waals surface area contributed by atoms with Gasteiger partial charge in [0.15, 0.2) is 0 Å². The molecule has 2 heterocycles. The van der Waals surface area contributed by atoms with Gasteiger partial charge in [-0.05, 0) is 62.5 Å². The third-order valence-corrected chi connectivity index (χ3v) is 6.12. The lowest BCUT2D eigenvalue weighted by atomic mass is 10.0. The number of carbonyl (C=O) groups is 2. The third kappa shape index (κ3) is 3.31. The Kier molecular flexibility index (Phi) is 4.53. The van der Waals surface area contributed by atoms with Crippen LogP contribution in [0.2, 0.25) is 0 Å². The van der Waals surface area contributed by atoms with Crippen molar-refractivity contribution in [3.63, 3.8) is 0 Å². The summed E-state index contributed by atoms with van der Waals surface area (Å²) in [6.07, 6.45) is 6.59. The van der Waals surface area contributed by atoms with Crippen molar-refractivity contribution in [3.05, 3.63) is 34.9 Å². The van der Waals surface area contributed by atoms with Crippen LogP contribution >= 0.6 is 0 Å². The Morgan fingerprint density at radius 3 is 2.60 bits per heavy atom. The highest BCUT2D eigenvalue weighted by molar-refractivity contribution is 5.88. The van der Waals surface area contributed by atoms with Crippen molar-refractivity contribution >= 4 is 11.8 Å². The minimum absolute atomic E-state index is 0.185. The zero-order chi connectivity index (χ0) is 17.4. The van der Waals surface area contributed by atoms with Crippen LogP contribution in [0.25, 0.3) is 0 Å². The summed E-state index contributed by atoms with van der Waals surface area (Å²) in [6.45, 7) is 4.61. The molecule has 0 saturated carbocycles. The molecule has 0 bridgehead atoms. The molecule has 1 unspecified atom stereocenters. The molecule has 4 rings (SSSR count). The first-order chi connectivity index (χ1) is 12.1. The number of hydrogen-bond acceptors (Lipinski definition) is 2. The number of rotatable bonds is 3. The molecule has 4 nitrogen and oxygen atoms in total. The van der Waals surface area contributed by atoms with E-state index < -0.39 is 0 Å². The van der Waals surface area contributed by atoms with Gasteiger partial charge < -0.3 is 9.80 Å². The van der Waals surface area contributed by atoms with E-state index in [-0.39, 0.29) is 17.9 Å². The molecule has 2 saturated heterocycles. The fraction of sp³-hybridized carbons (Fsp3) is 0.619.